The van der Waals surface area contributed by atoms with Gasteiger partial charge in [0, 0.05) is 5.69 Å². The van der Waals surface area contributed by atoms with Gasteiger partial charge in [0.15, 0.2) is 6.10 Å². The third-order valence-corrected chi connectivity index (χ3v) is 3.58. The number of halogens is 2. The van der Waals surface area contributed by atoms with Gasteiger partial charge < -0.3 is 14.8 Å². The van der Waals surface area contributed by atoms with E-state index in [4.69, 9.17) is 4.74 Å². The van der Waals surface area contributed by atoms with Crippen molar-refractivity contribution in [2.75, 3.05) is 5.32 Å². The van der Waals surface area contributed by atoms with Gasteiger partial charge in [0.05, 0.1) is 5.56 Å². The number of benzene rings is 2. The largest absolute Gasteiger partial charge is 0.449 e. The van der Waals surface area contributed by atoms with Crippen LogP contribution in [0, 0.1) is 0 Å². The molecule has 1 N–H and O–H groups in total. The van der Waals surface area contributed by atoms with Crippen LogP contribution in [-0.2, 0) is 16.0 Å². The fourth-order valence-corrected chi connectivity index (χ4v) is 2.15. The van der Waals surface area contributed by atoms with Crippen LogP contribution >= 0.6 is 0 Å². The molecule has 0 aromatic heterocycles. The van der Waals surface area contributed by atoms with Crippen LogP contribution in [0.15, 0.2) is 48.5 Å². The van der Waals surface area contributed by atoms with Gasteiger partial charge in [0.25, 0.3) is 5.91 Å². The Bertz CT molecular complexity index is 762. The summed E-state index contributed by atoms with van der Waals surface area (Å²) in [6.07, 6.45) is -0.177. The molecule has 0 saturated heterocycles. The summed E-state index contributed by atoms with van der Waals surface area (Å²) in [5, 5.41) is 2.65. The van der Waals surface area contributed by atoms with Gasteiger partial charge >= 0.3 is 12.6 Å². The summed E-state index contributed by atoms with van der Waals surface area (Å²) in [6, 6.07) is 12.5. The van der Waals surface area contributed by atoms with Crippen LogP contribution in [0.4, 0.5) is 14.5 Å². The van der Waals surface area contributed by atoms with E-state index in [1.807, 2.05) is 19.1 Å². The zero-order chi connectivity index (χ0) is 19.1. The van der Waals surface area contributed by atoms with Crippen LogP contribution in [0.5, 0.6) is 5.75 Å². The van der Waals surface area contributed by atoms with E-state index >= 15 is 0 Å². The number of rotatable bonds is 7. The first kappa shape index (κ1) is 19.4. The lowest BCUT2D eigenvalue weighted by Gasteiger charge is -2.14. The third kappa shape index (κ3) is 5.54. The molecular weight excluding hydrogens is 344 g/mol. The van der Waals surface area contributed by atoms with E-state index in [0.29, 0.717) is 5.69 Å². The summed E-state index contributed by atoms with van der Waals surface area (Å²) >= 11 is 0. The van der Waals surface area contributed by atoms with Gasteiger partial charge in [-0.2, -0.15) is 8.78 Å². The molecule has 5 nitrogen and oxygen atoms in total. The molecule has 0 spiro atoms. The molecule has 0 aliphatic heterocycles. The molecule has 0 saturated carbocycles. The highest BCUT2D eigenvalue weighted by molar-refractivity contribution is 5.97. The van der Waals surface area contributed by atoms with E-state index in [-0.39, 0.29) is 11.3 Å². The first-order chi connectivity index (χ1) is 12.4. The Kier molecular flexibility index (Phi) is 6.66. The molecule has 1 atom stereocenters. The second-order valence-electron chi connectivity index (χ2n) is 5.49. The minimum atomic E-state index is -3.00. The molecule has 0 aliphatic carbocycles. The first-order valence-corrected chi connectivity index (χ1v) is 8.04. The van der Waals surface area contributed by atoms with Gasteiger partial charge in [0.1, 0.15) is 5.75 Å². The summed E-state index contributed by atoms with van der Waals surface area (Å²) < 4.78 is 33.8. The zero-order valence-corrected chi connectivity index (χ0v) is 14.4. The van der Waals surface area contributed by atoms with E-state index in [1.165, 1.54) is 25.1 Å². The standard InChI is InChI=1S/C19H19F2NO4/c1-3-13-7-9-15(10-8-13)22-17(23)12(2)25-18(24)14-5-4-6-16(11-14)26-19(20)21/h4-12,19H,3H2,1-2H3,(H,22,23)/t12-/m0/s1. The molecule has 138 valence electrons. The monoisotopic (exact) mass is 363 g/mol. The molecular formula is C19H19F2NO4. The molecule has 0 radical (unpaired) electrons. The van der Waals surface area contributed by atoms with Gasteiger partial charge in [-0.25, -0.2) is 4.79 Å². The summed E-state index contributed by atoms with van der Waals surface area (Å²) in [6.45, 7) is 0.453. The lowest BCUT2D eigenvalue weighted by atomic mass is 10.1. The number of anilines is 1. The molecule has 0 aliphatic rings. The Labute approximate surface area is 149 Å². The first-order valence-electron chi connectivity index (χ1n) is 8.04. The molecule has 7 heteroatoms. The Morgan fingerprint density at radius 2 is 1.81 bits per heavy atom. The smallest absolute Gasteiger partial charge is 0.387 e. The van der Waals surface area contributed by atoms with Crippen LogP contribution in [-0.4, -0.2) is 24.6 Å². The van der Waals surface area contributed by atoms with E-state index in [2.05, 4.69) is 10.1 Å². The number of esters is 1. The number of nitrogens with one attached hydrogen (secondary N) is 1. The van der Waals surface area contributed by atoms with Crippen molar-refractivity contribution in [2.45, 2.75) is 33.0 Å². The fourth-order valence-electron chi connectivity index (χ4n) is 2.15. The minimum absolute atomic E-state index is 0.00935. The van der Waals surface area contributed by atoms with Gasteiger partial charge in [-0.05, 0) is 49.2 Å². The van der Waals surface area contributed by atoms with Crippen molar-refractivity contribution >= 4 is 17.6 Å². The highest BCUT2D eigenvalue weighted by atomic mass is 19.3. The van der Waals surface area contributed by atoms with Gasteiger partial charge in [-0.15, -0.1) is 0 Å². The van der Waals surface area contributed by atoms with Crippen molar-refractivity contribution in [1.82, 2.24) is 0 Å². The summed E-state index contributed by atoms with van der Waals surface area (Å²) in [4.78, 5) is 24.2. The predicted molar refractivity (Wildman–Crippen MR) is 92.4 cm³/mol. The van der Waals surface area contributed by atoms with Crippen LogP contribution in [0.3, 0.4) is 0 Å². The van der Waals surface area contributed by atoms with Gasteiger partial charge in [-0.1, -0.05) is 25.1 Å². The van der Waals surface area contributed by atoms with E-state index in [1.54, 1.807) is 12.1 Å². The Balaban J connectivity index is 1.96. The van der Waals surface area contributed by atoms with Crippen molar-refractivity contribution in [3.8, 4) is 5.75 Å². The Morgan fingerprint density at radius 3 is 2.42 bits per heavy atom. The lowest BCUT2D eigenvalue weighted by molar-refractivity contribution is -0.123. The Hall–Kier alpha value is -2.96. The topological polar surface area (TPSA) is 64.6 Å². The molecule has 2 aromatic carbocycles. The molecule has 2 aromatic rings. The van der Waals surface area contributed by atoms with Crippen molar-refractivity contribution < 1.29 is 27.8 Å². The summed E-state index contributed by atoms with van der Waals surface area (Å²) in [5.74, 6) is -1.47. The van der Waals surface area contributed by atoms with Crippen LogP contribution in [0.1, 0.15) is 29.8 Å². The number of hydrogen-bond acceptors (Lipinski definition) is 4. The third-order valence-electron chi connectivity index (χ3n) is 3.58. The highest BCUT2D eigenvalue weighted by Gasteiger charge is 2.19. The summed E-state index contributed by atoms with van der Waals surface area (Å²) in [7, 11) is 0. The number of alkyl halides is 2. The second kappa shape index (κ2) is 8.94. The maximum absolute atomic E-state index is 12.2. The lowest BCUT2D eigenvalue weighted by Crippen LogP contribution is -2.30. The molecule has 0 heterocycles. The highest BCUT2D eigenvalue weighted by Crippen LogP contribution is 2.17. The van der Waals surface area contributed by atoms with E-state index in [0.717, 1.165) is 18.1 Å². The second-order valence-corrected chi connectivity index (χ2v) is 5.49. The van der Waals surface area contributed by atoms with Crippen molar-refractivity contribution in [3.63, 3.8) is 0 Å². The number of hydrogen-bond donors (Lipinski definition) is 1. The van der Waals surface area contributed by atoms with E-state index in [9.17, 15) is 18.4 Å². The fraction of sp³-hybridized carbons (Fsp3) is 0.263. The average Bonchev–Trinajstić information content (AvgIpc) is 2.62. The van der Waals surface area contributed by atoms with Crippen LogP contribution in [0.2, 0.25) is 0 Å². The molecule has 2 rings (SSSR count). The predicted octanol–water partition coefficient (Wildman–Crippen LogP) is 4.03. The molecule has 1 amide bonds. The minimum Gasteiger partial charge on any atom is -0.449 e. The molecule has 26 heavy (non-hydrogen) atoms. The van der Waals surface area contributed by atoms with Crippen LogP contribution < -0.4 is 10.1 Å². The molecule has 0 bridgehead atoms. The number of carbonyl (C=O) groups is 2. The van der Waals surface area contributed by atoms with Crippen LogP contribution in [0.25, 0.3) is 0 Å². The number of aryl methyl sites for hydroxylation is 1. The Morgan fingerprint density at radius 1 is 1.12 bits per heavy atom. The van der Waals surface area contributed by atoms with Gasteiger partial charge in [-0.3, -0.25) is 4.79 Å². The van der Waals surface area contributed by atoms with Crippen molar-refractivity contribution in [2.24, 2.45) is 0 Å². The average molecular weight is 363 g/mol. The number of carbonyl (C=O) groups excluding carboxylic acids is 2. The molecule has 0 unspecified atom stereocenters. The number of ether oxygens (including phenoxy) is 2. The molecule has 0 fully saturated rings. The summed E-state index contributed by atoms with van der Waals surface area (Å²) in [5.41, 5.74) is 1.73. The van der Waals surface area contributed by atoms with Crippen molar-refractivity contribution in [1.29, 1.82) is 0 Å². The SMILES string of the molecule is CCc1ccc(NC(=O)[C@H](C)OC(=O)c2cccc(OC(F)F)c2)cc1. The normalized spacial score (nSPS) is 11.7. The maximum atomic E-state index is 12.2. The van der Waals surface area contributed by atoms with Crippen molar-refractivity contribution in [3.05, 3.63) is 59.7 Å². The zero-order valence-electron chi connectivity index (χ0n) is 14.4. The quantitative estimate of drug-likeness (QED) is 0.754. The maximum Gasteiger partial charge on any atom is 0.387 e. The van der Waals surface area contributed by atoms with Gasteiger partial charge in [0.2, 0.25) is 0 Å². The van der Waals surface area contributed by atoms with E-state index < -0.39 is 24.6 Å². The number of amides is 1.